The lowest BCUT2D eigenvalue weighted by Crippen LogP contribution is -2.16. The first-order valence-corrected chi connectivity index (χ1v) is 8.63. The summed E-state index contributed by atoms with van der Waals surface area (Å²) in [5.74, 6) is -1.18. The van der Waals surface area contributed by atoms with Crippen LogP contribution in [0.15, 0.2) is 42.5 Å². The Morgan fingerprint density at radius 3 is 2.46 bits per heavy atom. The Morgan fingerprint density at radius 1 is 1.15 bits per heavy atom. The topological polar surface area (TPSA) is 52.6 Å². The molecule has 26 heavy (non-hydrogen) atoms. The fraction of sp³-hybridized carbons (Fsp3) is 0.300. The summed E-state index contributed by atoms with van der Waals surface area (Å²) in [5, 5.41) is 0.398. The van der Waals surface area contributed by atoms with Gasteiger partial charge in [-0.25, -0.2) is 4.39 Å². The quantitative estimate of drug-likeness (QED) is 0.489. The first-order valence-electron chi connectivity index (χ1n) is 8.25. The zero-order valence-electron chi connectivity index (χ0n) is 14.6. The van der Waals surface area contributed by atoms with E-state index in [9.17, 15) is 14.0 Å². The number of carbonyl (C=O) groups is 2. The van der Waals surface area contributed by atoms with Gasteiger partial charge in [0, 0.05) is 22.9 Å². The number of benzene rings is 2. The van der Waals surface area contributed by atoms with Crippen molar-refractivity contribution >= 4 is 23.4 Å². The molecule has 6 heteroatoms. The lowest BCUT2D eigenvalue weighted by molar-refractivity contribution is -0.143. The highest BCUT2D eigenvalue weighted by atomic mass is 35.5. The molecule has 0 aliphatic carbocycles. The maximum Gasteiger partial charge on any atom is 0.305 e. The van der Waals surface area contributed by atoms with Crippen LogP contribution in [0.4, 0.5) is 4.39 Å². The summed E-state index contributed by atoms with van der Waals surface area (Å²) < 4.78 is 23.3. The van der Waals surface area contributed by atoms with Crippen LogP contribution in [0.3, 0.4) is 0 Å². The number of esters is 1. The molecule has 0 amide bonds. The van der Waals surface area contributed by atoms with Gasteiger partial charge in [-0.05, 0) is 61.4 Å². The summed E-state index contributed by atoms with van der Waals surface area (Å²) in [6, 6.07) is 10.3. The molecule has 138 valence electrons. The van der Waals surface area contributed by atoms with Gasteiger partial charge in [0.1, 0.15) is 11.6 Å². The maximum absolute atomic E-state index is 13.2. The maximum atomic E-state index is 13.2. The van der Waals surface area contributed by atoms with Crippen LogP contribution in [0.25, 0.3) is 0 Å². The van der Waals surface area contributed by atoms with E-state index >= 15 is 0 Å². The van der Waals surface area contributed by atoms with Crippen LogP contribution < -0.4 is 4.74 Å². The van der Waals surface area contributed by atoms with Gasteiger partial charge in [-0.3, -0.25) is 9.59 Å². The molecule has 0 spiro atoms. The second kappa shape index (κ2) is 9.34. The molecule has 0 radical (unpaired) electrons. The number of hydrogen-bond donors (Lipinski definition) is 0. The molecule has 0 aliphatic rings. The Kier molecular flexibility index (Phi) is 7.16. The standard InChI is InChI=1S/C20H20ClFO4/c1-3-26-19(23)11-9-16(17-12-15(25-2)8-10-18(17)21)20(24)13-4-6-14(22)7-5-13/h4-8,10,12,16H,3,9,11H2,1-2H3. The van der Waals surface area contributed by atoms with Crippen LogP contribution in [0, 0.1) is 5.82 Å². The molecule has 0 saturated carbocycles. The average molecular weight is 379 g/mol. The van der Waals surface area contributed by atoms with Crippen LogP contribution >= 0.6 is 11.6 Å². The highest BCUT2D eigenvalue weighted by Gasteiger charge is 2.26. The summed E-state index contributed by atoms with van der Waals surface area (Å²) in [6.07, 6.45) is 0.293. The van der Waals surface area contributed by atoms with E-state index in [0.29, 0.717) is 21.9 Å². The summed E-state index contributed by atoms with van der Waals surface area (Å²) in [4.78, 5) is 24.8. The summed E-state index contributed by atoms with van der Waals surface area (Å²) >= 11 is 6.30. The molecule has 4 nitrogen and oxygen atoms in total. The van der Waals surface area contributed by atoms with Crippen molar-refractivity contribution in [2.75, 3.05) is 13.7 Å². The number of rotatable bonds is 8. The van der Waals surface area contributed by atoms with E-state index in [4.69, 9.17) is 21.1 Å². The third-order valence-electron chi connectivity index (χ3n) is 3.97. The molecule has 0 aliphatic heterocycles. The van der Waals surface area contributed by atoms with Crippen molar-refractivity contribution in [3.05, 3.63) is 64.4 Å². The normalized spacial score (nSPS) is 11.7. The molecular weight excluding hydrogens is 359 g/mol. The van der Waals surface area contributed by atoms with Gasteiger partial charge in [0.05, 0.1) is 13.7 Å². The monoisotopic (exact) mass is 378 g/mol. The van der Waals surface area contributed by atoms with Crippen molar-refractivity contribution in [2.45, 2.75) is 25.7 Å². The lowest BCUT2D eigenvalue weighted by atomic mass is 9.86. The van der Waals surface area contributed by atoms with E-state index in [1.807, 2.05) is 0 Å². The van der Waals surface area contributed by atoms with Crippen LogP contribution in [-0.4, -0.2) is 25.5 Å². The van der Waals surface area contributed by atoms with Gasteiger partial charge in [0.15, 0.2) is 5.78 Å². The van der Waals surface area contributed by atoms with Gasteiger partial charge in [-0.1, -0.05) is 11.6 Å². The number of carbonyl (C=O) groups excluding carboxylic acids is 2. The van der Waals surface area contributed by atoms with Gasteiger partial charge >= 0.3 is 5.97 Å². The third kappa shape index (κ3) is 5.05. The zero-order chi connectivity index (χ0) is 19.1. The van der Waals surface area contributed by atoms with E-state index < -0.39 is 11.7 Å². The highest BCUT2D eigenvalue weighted by Crippen LogP contribution is 2.34. The Hall–Kier alpha value is -2.40. The van der Waals surface area contributed by atoms with Gasteiger partial charge < -0.3 is 9.47 Å². The molecule has 0 saturated heterocycles. The highest BCUT2D eigenvalue weighted by molar-refractivity contribution is 6.31. The molecule has 0 fully saturated rings. The van der Waals surface area contributed by atoms with Crippen LogP contribution in [-0.2, 0) is 9.53 Å². The summed E-state index contributed by atoms with van der Waals surface area (Å²) in [5.41, 5.74) is 0.906. The Morgan fingerprint density at radius 2 is 1.85 bits per heavy atom. The summed E-state index contributed by atoms with van der Waals surface area (Å²) in [6.45, 7) is 1.99. The molecule has 0 bridgehead atoms. The van der Waals surface area contributed by atoms with Crippen molar-refractivity contribution < 1.29 is 23.5 Å². The average Bonchev–Trinajstić information content (AvgIpc) is 2.64. The predicted molar refractivity (Wildman–Crippen MR) is 97.3 cm³/mol. The molecule has 1 atom stereocenters. The zero-order valence-corrected chi connectivity index (χ0v) is 15.4. The van der Waals surface area contributed by atoms with Crippen molar-refractivity contribution in [1.29, 1.82) is 0 Å². The predicted octanol–water partition coefficient (Wildman–Crippen LogP) is 4.80. The van der Waals surface area contributed by atoms with Crippen molar-refractivity contribution in [3.8, 4) is 5.75 Å². The minimum Gasteiger partial charge on any atom is -0.497 e. The third-order valence-corrected chi connectivity index (χ3v) is 4.31. The SMILES string of the molecule is CCOC(=O)CCC(C(=O)c1ccc(F)cc1)c1cc(OC)ccc1Cl. The molecule has 1 unspecified atom stereocenters. The van der Waals surface area contributed by atoms with Crippen LogP contribution in [0.1, 0.15) is 41.6 Å². The van der Waals surface area contributed by atoms with E-state index in [0.717, 1.165) is 0 Å². The number of methoxy groups -OCH3 is 1. The molecule has 0 aromatic heterocycles. The molecule has 0 N–H and O–H groups in total. The van der Waals surface area contributed by atoms with Crippen LogP contribution in [0.5, 0.6) is 5.75 Å². The number of Topliss-reactive ketones (excluding diaryl/α,β-unsaturated/α-hetero) is 1. The van der Waals surface area contributed by atoms with E-state index in [2.05, 4.69) is 0 Å². The van der Waals surface area contributed by atoms with Gasteiger partial charge in [-0.15, -0.1) is 0 Å². The largest absolute Gasteiger partial charge is 0.497 e. The number of halogens is 2. The first kappa shape index (κ1) is 19.9. The molecular formula is C20H20ClFO4. The van der Waals surface area contributed by atoms with Gasteiger partial charge in [0.2, 0.25) is 0 Å². The second-order valence-corrected chi connectivity index (χ2v) is 6.06. The van der Waals surface area contributed by atoms with Crippen molar-refractivity contribution in [1.82, 2.24) is 0 Å². The van der Waals surface area contributed by atoms with Gasteiger partial charge in [0.25, 0.3) is 0 Å². The number of ether oxygens (including phenoxy) is 2. The van der Waals surface area contributed by atoms with Crippen LogP contribution in [0.2, 0.25) is 5.02 Å². The fourth-order valence-electron chi connectivity index (χ4n) is 2.65. The second-order valence-electron chi connectivity index (χ2n) is 5.65. The van der Waals surface area contributed by atoms with Crippen molar-refractivity contribution in [2.24, 2.45) is 0 Å². The Balaban J connectivity index is 2.36. The molecule has 2 aromatic carbocycles. The molecule has 2 rings (SSSR count). The number of ketones is 1. The van der Waals surface area contributed by atoms with E-state index in [1.54, 1.807) is 25.1 Å². The smallest absolute Gasteiger partial charge is 0.305 e. The Bertz CT molecular complexity index is 774. The minimum atomic E-state index is -0.674. The van der Waals surface area contributed by atoms with E-state index in [-0.39, 0.29) is 31.2 Å². The summed E-state index contributed by atoms with van der Waals surface area (Å²) in [7, 11) is 1.52. The molecule has 2 aromatic rings. The molecule has 0 heterocycles. The number of hydrogen-bond acceptors (Lipinski definition) is 4. The fourth-order valence-corrected chi connectivity index (χ4v) is 2.90. The lowest BCUT2D eigenvalue weighted by Gasteiger charge is -2.18. The first-order chi connectivity index (χ1) is 12.5. The van der Waals surface area contributed by atoms with Gasteiger partial charge in [-0.2, -0.15) is 0 Å². The van der Waals surface area contributed by atoms with Crippen molar-refractivity contribution in [3.63, 3.8) is 0 Å². The minimum absolute atomic E-state index is 0.0684. The Labute approximate surface area is 156 Å². The van der Waals surface area contributed by atoms with E-state index in [1.165, 1.54) is 31.4 Å².